The number of nitrogens with zero attached hydrogens (tertiary/aromatic N) is 2. The zero-order chi connectivity index (χ0) is 23.8. The van der Waals surface area contributed by atoms with Crippen LogP contribution < -0.4 is 5.32 Å². The van der Waals surface area contributed by atoms with Crippen LogP contribution in [0.25, 0.3) is 16.8 Å². The van der Waals surface area contributed by atoms with Crippen molar-refractivity contribution in [3.05, 3.63) is 78.6 Å². The number of unbranched alkanes of at least 4 members (excludes halogenated alkanes) is 1. The first-order chi connectivity index (χ1) is 16.5. The largest absolute Gasteiger partial charge is 0.353 e. The van der Waals surface area contributed by atoms with Gasteiger partial charge >= 0.3 is 0 Å². The Morgan fingerprint density at radius 1 is 1.03 bits per heavy atom. The molecule has 1 aromatic heterocycles. The summed E-state index contributed by atoms with van der Waals surface area (Å²) >= 11 is 0. The van der Waals surface area contributed by atoms with Crippen molar-refractivity contribution in [2.75, 3.05) is 26.2 Å². The fourth-order valence-corrected chi connectivity index (χ4v) is 6.12. The van der Waals surface area contributed by atoms with Gasteiger partial charge in [-0.05, 0) is 85.9 Å². The molecule has 1 aliphatic heterocycles. The maximum absolute atomic E-state index is 13.2. The summed E-state index contributed by atoms with van der Waals surface area (Å²) in [6.07, 6.45) is 9.85. The quantitative estimate of drug-likeness (QED) is 0.371. The highest BCUT2D eigenvalue weighted by atomic mass is 32.2. The van der Waals surface area contributed by atoms with E-state index in [4.69, 9.17) is 0 Å². The van der Waals surface area contributed by atoms with Gasteiger partial charge in [0.05, 0.1) is 10.1 Å². The molecule has 0 saturated carbocycles. The minimum absolute atomic E-state index is 0.108. The number of nitrogens with one attached hydrogen (secondary N) is 1. The van der Waals surface area contributed by atoms with Crippen molar-refractivity contribution in [3.63, 3.8) is 0 Å². The predicted molar refractivity (Wildman–Crippen MR) is 136 cm³/mol. The van der Waals surface area contributed by atoms with E-state index in [1.807, 2.05) is 42.5 Å². The summed E-state index contributed by atoms with van der Waals surface area (Å²) in [4.78, 5) is 18.7. The Kier molecular flexibility index (Phi) is 8.08. The lowest BCUT2D eigenvalue weighted by Gasteiger charge is -2.31. The van der Waals surface area contributed by atoms with Crippen molar-refractivity contribution in [1.29, 1.82) is 0 Å². The van der Waals surface area contributed by atoms with Gasteiger partial charge in [0.1, 0.15) is 0 Å². The molecule has 1 fully saturated rings. The molecule has 0 bridgehead atoms. The van der Waals surface area contributed by atoms with Crippen LogP contribution in [0, 0.1) is 0 Å². The fraction of sp³-hybridized carbons (Fsp3) is 0.333. The Labute approximate surface area is 201 Å². The van der Waals surface area contributed by atoms with Crippen molar-refractivity contribution >= 4 is 32.6 Å². The second-order valence-corrected chi connectivity index (χ2v) is 10.9. The Morgan fingerprint density at radius 2 is 1.82 bits per heavy atom. The van der Waals surface area contributed by atoms with Crippen LogP contribution in [0.4, 0.5) is 0 Å². The lowest BCUT2D eigenvalue weighted by molar-refractivity contribution is -0.116. The highest BCUT2D eigenvalue weighted by Crippen LogP contribution is 2.27. The molecule has 2 heterocycles. The van der Waals surface area contributed by atoms with Crippen LogP contribution in [0.1, 0.15) is 31.2 Å². The molecule has 6 nitrogen and oxygen atoms in total. The van der Waals surface area contributed by atoms with Crippen LogP contribution in [0.15, 0.2) is 78.0 Å². The molecule has 3 aromatic rings. The zero-order valence-electron chi connectivity index (χ0n) is 19.3. The third-order valence-electron chi connectivity index (χ3n) is 6.33. The van der Waals surface area contributed by atoms with Crippen LogP contribution in [0.5, 0.6) is 0 Å². The maximum atomic E-state index is 13.2. The van der Waals surface area contributed by atoms with Crippen molar-refractivity contribution in [2.24, 2.45) is 0 Å². The predicted octanol–water partition coefficient (Wildman–Crippen LogP) is 4.08. The normalized spacial score (nSPS) is 15.6. The lowest BCUT2D eigenvalue weighted by atomic mass is 10.1. The van der Waals surface area contributed by atoms with E-state index in [9.17, 15) is 13.2 Å². The Balaban J connectivity index is 1.17. The Hall–Kier alpha value is -3.03. The summed E-state index contributed by atoms with van der Waals surface area (Å²) in [5.74, 6) is -0.108. The van der Waals surface area contributed by atoms with Gasteiger partial charge < -0.3 is 10.2 Å². The van der Waals surface area contributed by atoms with Gasteiger partial charge in [-0.1, -0.05) is 36.4 Å². The van der Waals surface area contributed by atoms with E-state index in [0.29, 0.717) is 24.3 Å². The molecule has 0 radical (unpaired) electrons. The SMILES string of the molecule is O=C(/C=C\c1cccnc1)NCCCCN1CCC(S(=O)(=O)c2ccc3ccccc3c2)CC1. The Morgan fingerprint density at radius 3 is 2.59 bits per heavy atom. The van der Waals surface area contributed by atoms with E-state index in [1.165, 1.54) is 6.08 Å². The van der Waals surface area contributed by atoms with Crippen molar-refractivity contribution in [1.82, 2.24) is 15.2 Å². The topological polar surface area (TPSA) is 79.4 Å². The molecule has 0 unspecified atom stereocenters. The molecule has 0 aliphatic carbocycles. The molecule has 178 valence electrons. The summed E-state index contributed by atoms with van der Waals surface area (Å²) in [5, 5.41) is 4.59. The van der Waals surface area contributed by atoms with Crippen molar-refractivity contribution in [2.45, 2.75) is 35.8 Å². The first kappa shape index (κ1) is 24.1. The molecule has 0 spiro atoms. The number of fused-ring (bicyclic) bond motifs is 1. The van der Waals surface area contributed by atoms with E-state index >= 15 is 0 Å². The van der Waals surface area contributed by atoms with Crippen LogP contribution in [0.2, 0.25) is 0 Å². The smallest absolute Gasteiger partial charge is 0.243 e. The summed E-state index contributed by atoms with van der Waals surface area (Å²) in [6.45, 7) is 3.13. The maximum Gasteiger partial charge on any atom is 0.243 e. The summed E-state index contributed by atoms with van der Waals surface area (Å²) in [5.41, 5.74) is 0.892. The number of piperidine rings is 1. The number of rotatable bonds is 9. The third kappa shape index (κ3) is 6.30. The van der Waals surface area contributed by atoms with Gasteiger partial charge in [0.2, 0.25) is 5.91 Å². The van der Waals surface area contributed by atoms with Gasteiger partial charge in [0.15, 0.2) is 9.84 Å². The van der Waals surface area contributed by atoms with Gasteiger partial charge in [-0.3, -0.25) is 9.78 Å². The Bertz CT molecular complexity index is 1230. The molecule has 34 heavy (non-hydrogen) atoms. The molecule has 1 amide bonds. The number of hydrogen-bond donors (Lipinski definition) is 1. The molecule has 2 aromatic carbocycles. The second kappa shape index (κ2) is 11.4. The number of sulfone groups is 1. The van der Waals surface area contributed by atoms with Crippen LogP contribution >= 0.6 is 0 Å². The van der Waals surface area contributed by atoms with Crippen LogP contribution in [-0.2, 0) is 14.6 Å². The molecular formula is C27H31N3O3S. The monoisotopic (exact) mass is 477 g/mol. The molecule has 0 atom stereocenters. The van der Waals surface area contributed by atoms with Gasteiger partial charge in [0.25, 0.3) is 0 Å². The van der Waals surface area contributed by atoms with Gasteiger partial charge in [-0.15, -0.1) is 0 Å². The molecular weight excluding hydrogens is 446 g/mol. The number of carbonyl (C=O) groups excluding carboxylic acids is 1. The first-order valence-electron chi connectivity index (χ1n) is 11.8. The minimum Gasteiger partial charge on any atom is -0.353 e. The van der Waals surface area contributed by atoms with E-state index in [1.54, 1.807) is 30.6 Å². The van der Waals surface area contributed by atoms with E-state index < -0.39 is 9.84 Å². The average Bonchev–Trinajstić information content (AvgIpc) is 2.88. The second-order valence-electron chi connectivity index (χ2n) is 8.71. The van der Waals surface area contributed by atoms with E-state index in [0.717, 1.165) is 48.8 Å². The number of pyridine rings is 1. The zero-order valence-corrected chi connectivity index (χ0v) is 20.1. The average molecular weight is 478 g/mol. The number of benzene rings is 2. The highest BCUT2D eigenvalue weighted by Gasteiger charge is 2.31. The minimum atomic E-state index is -3.33. The summed E-state index contributed by atoms with van der Waals surface area (Å²) < 4.78 is 26.4. The number of aromatic nitrogens is 1. The fourth-order valence-electron chi connectivity index (χ4n) is 4.36. The number of likely N-dealkylation sites (tertiary alicyclic amines) is 1. The third-order valence-corrected chi connectivity index (χ3v) is 8.59. The lowest BCUT2D eigenvalue weighted by Crippen LogP contribution is -2.39. The highest BCUT2D eigenvalue weighted by molar-refractivity contribution is 7.92. The summed E-state index contributed by atoms with van der Waals surface area (Å²) in [7, 11) is -3.33. The summed E-state index contributed by atoms with van der Waals surface area (Å²) in [6, 6.07) is 17.0. The molecule has 1 saturated heterocycles. The van der Waals surface area contributed by atoms with Crippen molar-refractivity contribution in [3.8, 4) is 0 Å². The number of amides is 1. The molecule has 1 aliphatic rings. The number of hydrogen-bond acceptors (Lipinski definition) is 5. The van der Waals surface area contributed by atoms with Crippen molar-refractivity contribution < 1.29 is 13.2 Å². The standard InChI is InChI=1S/C27H31N3O3S/c31-27(12-9-22-6-5-15-28-21-22)29-16-3-4-17-30-18-13-25(14-19-30)34(32,33)26-11-10-23-7-1-2-8-24(23)20-26/h1-2,5-12,15,20-21,25H,3-4,13-14,16-19H2,(H,29,31)/b12-9-. The first-order valence-corrected chi connectivity index (χ1v) is 13.4. The molecule has 7 heteroatoms. The van der Waals surface area contributed by atoms with E-state index in [2.05, 4.69) is 15.2 Å². The van der Waals surface area contributed by atoms with Gasteiger partial charge in [-0.25, -0.2) is 8.42 Å². The van der Waals surface area contributed by atoms with Crippen LogP contribution in [-0.4, -0.2) is 55.6 Å². The van der Waals surface area contributed by atoms with Gasteiger partial charge in [-0.2, -0.15) is 0 Å². The number of carbonyl (C=O) groups is 1. The molecule has 4 rings (SSSR count). The van der Waals surface area contributed by atoms with Gasteiger partial charge in [0, 0.05) is 25.0 Å². The molecule has 1 N–H and O–H groups in total. The van der Waals surface area contributed by atoms with Crippen LogP contribution in [0.3, 0.4) is 0 Å². The van der Waals surface area contributed by atoms with E-state index in [-0.39, 0.29) is 11.2 Å².